The van der Waals surface area contributed by atoms with Crippen molar-refractivity contribution in [2.45, 2.75) is 38.1 Å². The fraction of sp³-hybridized carbons (Fsp3) is 0.333. The molecular weight excluding hydrogens is 408 g/mol. The second-order valence-electron chi connectivity index (χ2n) is 8.15. The summed E-state index contributed by atoms with van der Waals surface area (Å²) in [5.74, 6) is 0.502. The van der Waals surface area contributed by atoms with E-state index in [4.69, 9.17) is 15.6 Å². The molecule has 0 saturated heterocycles. The highest BCUT2D eigenvalue weighted by Gasteiger charge is 2.27. The fourth-order valence-corrected chi connectivity index (χ4v) is 3.38. The molecule has 32 heavy (non-hydrogen) atoms. The van der Waals surface area contributed by atoms with Gasteiger partial charge in [-0.1, -0.05) is 18.2 Å². The third-order valence-electron chi connectivity index (χ3n) is 5.41. The summed E-state index contributed by atoms with van der Waals surface area (Å²) < 4.78 is 5.51. The third-order valence-corrected chi connectivity index (χ3v) is 5.41. The largest absolute Gasteiger partial charge is 0.491 e. The molecule has 168 valence electrons. The van der Waals surface area contributed by atoms with Crippen molar-refractivity contribution in [3.05, 3.63) is 64.7 Å². The molecule has 8 nitrogen and oxygen atoms in total. The summed E-state index contributed by atoms with van der Waals surface area (Å²) in [7, 11) is 0. The van der Waals surface area contributed by atoms with Crippen LogP contribution in [0.3, 0.4) is 0 Å². The second-order valence-corrected chi connectivity index (χ2v) is 8.15. The van der Waals surface area contributed by atoms with Crippen molar-refractivity contribution in [2.24, 2.45) is 10.8 Å². The van der Waals surface area contributed by atoms with Gasteiger partial charge in [-0.05, 0) is 61.2 Å². The third kappa shape index (κ3) is 5.16. The molecule has 8 heteroatoms. The maximum absolute atomic E-state index is 12.5. The smallest absolute Gasteiger partial charge is 0.251 e. The molecule has 1 saturated carbocycles. The molecule has 1 aliphatic carbocycles. The van der Waals surface area contributed by atoms with Gasteiger partial charge >= 0.3 is 0 Å². The van der Waals surface area contributed by atoms with Crippen molar-refractivity contribution in [2.75, 3.05) is 18.2 Å². The Kier molecular flexibility index (Phi) is 6.55. The normalized spacial score (nSPS) is 19.9. The maximum Gasteiger partial charge on any atom is 0.251 e. The highest BCUT2D eigenvalue weighted by molar-refractivity contribution is 5.96. The van der Waals surface area contributed by atoms with Gasteiger partial charge in [0.05, 0.1) is 18.5 Å². The van der Waals surface area contributed by atoms with Gasteiger partial charge in [-0.15, -0.1) is 0 Å². The number of hydrogen-bond acceptors (Lipinski definition) is 7. The Morgan fingerprint density at radius 3 is 2.91 bits per heavy atom. The monoisotopic (exact) mass is 436 g/mol. The number of aliphatic hydroxyl groups is 2. The quantitative estimate of drug-likeness (QED) is 0.501. The van der Waals surface area contributed by atoms with E-state index in [1.807, 2.05) is 49.4 Å². The van der Waals surface area contributed by atoms with Crippen LogP contribution >= 0.6 is 0 Å². The predicted molar refractivity (Wildman–Crippen MR) is 124 cm³/mol. The van der Waals surface area contributed by atoms with Crippen LogP contribution in [0.25, 0.3) is 6.08 Å². The molecular formula is C24H28N4O4. The van der Waals surface area contributed by atoms with Gasteiger partial charge in [0.25, 0.3) is 5.91 Å². The van der Waals surface area contributed by atoms with Crippen LogP contribution in [0.15, 0.2) is 53.1 Å². The lowest BCUT2D eigenvalue weighted by Gasteiger charge is -2.23. The predicted octanol–water partition coefficient (Wildman–Crippen LogP) is 1.79. The molecule has 0 radical (unpaired) electrons. The maximum atomic E-state index is 12.5. The van der Waals surface area contributed by atoms with E-state index in [1.54, 1.807) is 17.3 Å². The van der Waals surface area contributed by atoms with Crippen LogP contribution in [0.1, 0.15) is 34.3 Å². The fourth-order valence-electron chi connectivity index (χ4n) is 3.38. The van der Waals surface area contributed by atoms with E-state index in [1.165, 1.54) is 0 Å². The van der Waals surface area contributed by atoms with Crippen LogP contribution in [0.4, 0.5) is 5.69 Å². The number of nitrogens with zero attached hydrogens (tertiary/aromatic N) is 2. The van der Waals surface area contributed by atoms with E-state index >= 15 is 0 Å². The van der Waals surface area contributed by atoms with Crippen molar-refractivity contribution in [1.82, 2.24) is 5.32 Å². The summed E-state index contributed by atoms with van der Waals surface area (Å²) in [5, 5.41) is 27.6. The number of nitrogens with two attached hydrogens (primary N) is 1. The lowest BCUT2D eigenvalue weighted by molar-refractivity contribution is 0.0536. The van der Waals surface area contributed by atoms with Gasteiger partial charge in [-0.3, -0.25) is 4.79 Å². The Morgan fingerprint density at radius 2 is 2.16 bits per heavy atom. The lowest BCUT2D eigenvalue weighted by Crippen LogP contribution is -2.36. The van der Waals surface area contributed by atoms with Crippen LogP contribution < -0.4 is 20.8 Å². The number of ether oxygens (including phenoxy) is 1. The second kappa shape index (κ2) is 9.52. The van der Waals surface area contributed by atoms with Crippen molar-refractivity contribution >= 4 is 23.9 Å². The summed E-state index contributed by atoms with van der Waals surface area (Å²) in [5.41, 5.74) is 10.5. The average Bonchev–Trinajstić information content (AvgIpc) is 3.54. The molecule has 1 amide bonds. The Bertz CT molecular complexity index is 1050. The first-order chi connectivity index (χ1) is 15.4. The Morgan fingerprint density at radius 1 is 1.34 bits per heavy atom. The molecule has 2 aromatic rings. The number of hydrazone groups is 1. The average molecular weight is 437 g/mol. The number of anilines is 1. The van der Waals surface area contributed by atoms with Crippen LogP contribution in [0.5, 0.6) is 5.75 Å². The summed E-state index contributed by atoms with van der Waals surface area (Å²) in [6, 6.07) is 13.2. The van der Waals surface area contributed by atoms with E-state index in [9.17, 15) is 9.90 Å². The highest BCUT2D eigenvalue weighted by atomic mass is 16.5. The van der Waals surface area contributed by atoms with E-state index in [0.29, 0.717) is 17.4 Å². The number of aliphatic hydroxyl groups excluding tert-OH is 2. The van der Waals surface area contributed by atoms with Gasteiger partial charge in [0, 0.05) is 17.2 Å². The van der Waals surface area contributed by atoms with E-state index in [0.717, 1.165) is 35.2 Å². The zero-order valence-electron chi connectivity index (χ0n) is 17.9. The van der Waals surface area contributed by atoms with Crippen LogP contribution in [-0.4, -0.2) is 53.9 Å². The number of nitrogens with one attached hydrogen (secondary N) is 1. The summed E-state index contributed by atoms with van der Waals surface area (Å²) in [4.78, 5) is 12.5. The van der Waals surface area contributed by atoms with Gasteiger partial charge in [0.2, 0.25) is 0 Å². The molecule has 2 unspecified atom stereocenters. The minimum absolute atomic E-state index is 0.00914. The molecule has 2 aliphatic rings. The molecule has 2 aromatic carbocycles. The Hall–Kier alpha value is -3.20. The minimum atomic E-state index is -0.925. The van der Waals surface area contributed by atoms with E-state index in [2.05, 4.69) is 10.4 Å². The Balaban J connectivity index is 1.49. The molecule has 1 heterocycles. The standard InChI is InChI=1S/C24H28N4O4/c1-15-5-6-17(24(31)27-19-7-8-19)11-22(15)28-23(25)18(12-26-28)9-16-3-2-4-21(10-16)32-14-20(30)13-29/h2-6,9-12,19-20,23,29-30H,7-8,13-14,25H2,1H3,(H,27,31). The molecule has 0 aromatic heterocycles. The lowest BCUT2D eigenvalue weighted by atomic mass is 10.1. The molecule has 0 bridgehead atoms. The number of hydrogen-bond donors (Lipinski definition) is 4. The molecule has 1 aliphatic heterocycles. The zero-order chi connectivity index (χ0) is 22.7. The summed E-state index contributed by atoms with van der Waals surface area (Å²) in [6.07, 6.45) is 4.28. The molecule has 5 N–H and O–H groups in total. The number of aryl methyl sites for hydroxylation is 1. The summed E-state index contributed by atoms with van der Waals surface area (Å²) >= 11 is 0. The van der Waals surface area contributed by atoms with E-state index < -0.39 is 12.3 Å². The first-order valence-corrected chi connectivity index (χ1v) is 10.7. The number of rotatable bonds is 8. The molecule has 2 atom stereocenters. The zero-order valence-corrected chi connectivity index (χ0v) is 17.9. The molecule has 4 rings (SSSR count). The van der Waals surface area contributed by atoms with Crippen LogP contribution in [0.2, 0.25) is 0 Å². The van der Waals surface area contributed by atoms with E-state index in [-0.39, 0.29) is 19.1 Å². The van der Waals surface area contributed by atoms with Crippen molar-refractivity contribution in [3.8, 4) is 5.75 Å². The van der Waals surface area contributed by atoms with Gasteiger partial charge in [0.15, 0.2) is 0 Å². The SMILES string of the molecule is Cc1ccc(C(=O)NC2CC2)cc1N1N=CC(=Cc2cccc(OCC(O)CO)c2)C1N. The van der Waals surface area contributed by atoms with Crippen molar-refractivity contribution < 1.29 is 19.7 Å². The molecule has 0 spiro atoms. The van der Waals surface area contributed by atoms with Crippen LogP contribution in [-0.2, 0) is 0 Å². The number of benzene rings is 2. The molecule has 1 fully saturated rings. The van der Waals surface area contributed by atoms with Crippen molar-refractivity contribution in [3.63, 3.8) is 0 Å². The first-order valence-electron chi connectivity index (χ1n) is 10.7. The number of carbonyl (C=O) groups excluding carboxylic acids is 1. The van der Waals surface area contributed by atoms with Gasteiger partial charge in [-0.2, -0.15) is 5.10 Å². The Labute approximate surface area is 187 Å². The number of carbonyl (C=O) groups is 1. The van der Waals surface area contributed by atoms with Crippen LogP contribution in [0, 0.1) is 6.92 Å². The number of amides is 1. The minimum Gasteiger partial charge on any atom is -0.491 e. The first kappa shape index (κ1) is 22.0. The van der Waals surface area contributed by atoms with Gasteiger partial charge < -0.3 is 26.0 Å². The van der Waals surface area contributed by atoms with Gasteiger partial charge in [-0.25, -0.2) is 5.01 Å². The van der Waals surface area contributed by atoms with Crippen molar-refractivity contribution in [1.29, 1.82) is 0 Å². The topological polar surface area (TPSA) is 120 Å². The summed E-state index contributed by atoms with van der Waals surface area (Å²) in [6.45, 7) is 1.62. The highest BCUT2D eigenvalue weighted by Crippen LogP contribution is 2.29. The van der Waals surface area contributed by atoms with Gasteiger partial charge in [0.1, 0.15) is 24.6 Å².